The number of benzene rings is 3. The van der Waals surface area contributed by atoms with E-state index in [-0.39, 0.29) is 36.2 Å². The van der Waals surface area contributed by atoms with Crippen LogP contribution in [0.3, 0.4) is 0 Å². The van der Waals surface area contributed by atoms with E-state index in [0.29, 0.717) is 49.3 Å². The third-order valence-corrected chi connectivity index (χ3v) is 14.4. The molecule has 0 saturated carbocycles. The Morgan fingerprint density at radius 2 is 0.967 bits per heavy atom. The van der Waals surface area contributed by atoms with E-state index in [1.807, 2.05) is 140 Å². The lowest BCUT2D eigenvalue weighted by molar-refractivity contribution is -0.156. The van der Waals surface area contributed by atoms with Gasteiger partial charge in [0.25, 0.3) is 17.9 Å². The monoisotopic (exact) mass is 1240 g/mol. The van der Waals surface area contributed by atoms with E-state index >= 15 is 0 Å². The van der Waals surface area contributed by atoms with Gasteiger partial charge in [0.1, 0.15) is 38.9 Å². The Hall–Kier alpha value is -9.33. The van der Waals surface area contributed by atoms with Gasteiger partial charge in [-0.1, -0.05) is 57.0 Å². The average Bonchev–Trinajstić information content (AvgIpc) is 2.46. The Balaban J connectivity index is 0.000000148. The van der Waals surface area contributed by atoms with Crippen molar-refractivity contribution in [3.8, 4) is 0 Å². The quantitative estimate of drug-likeness (QED) is 0.0456. The number of nitrogens with zero attached hydrogens (tertiary/aromatic N) is 18. The number of carbonyl (C=O) groups excluding carboxylic acids is 3. The normalized spacial score (nSPS) is 16.3. The summed E-state index contributed by atoms with van der Waals surface area (Å²) in [5.74, 6) is 1.94. The first-order valence-electron chi connectivity index (χ1n) is 30.4. The second-order valence-corrected chi connectivity index (χ2v) is 25.2. The van der Waals surface area contributed by atoms with Gasteiger partial charge in [0.2, 0.25) is 5.96 Å². The van der Waals surface area contributed by atoms with Crippen molar-refractivity contribution >= 4 is 75.1 Å². The molecule has 484 valence electrons. The number of para-hydroxylation sites is 2. The number of anilines is 2. The SMILES string of the molecule is CC(C)(C)OC(=O)CC1CCN(c2nn[nH]n2)CC1.CC(C)(C)OC(=O)NC1CCN(C(=N)n2nnc3ccccc32)CC1.CC(C)(C)OC(=O)NC1CCNCC1.N=C(n1nc2ccccc2n1)n1nnc2ccccc21.NC1CCN(c2nn[nH]n2)CC1. The summed E-state index contributed by atoms with van der Waals surface area (Å²) in [6.45, 7) is 23.7. The number of hydrogen-bond acceptors (Lipinski definition) is 24. The topological polar surface area (TPSA) is 399 Å². The molecule has 8 aromatic rings. The molecular weight excluding hydrogens is 1160 g/mol. The standard InChI is InChI=1S/C17H24N6O2.C13H9N7.C12H21N5O2.C10H20N2O2.C6H12N6/c1-17(2,3)25-16(24)19-12-8-10-22(11-9-12)15(18)23-14-7-5-4-6-13(14)20-21-23;14-13(19-12-8-4-3-7-11(12)15-18-19)20-16-9-5-1-2-6-10(9)17-20;1-12(2,3)19-10(18)8-9-4-6-17(7-5-9)11-13-15-16-14-11;1-10(2,3)14-9(13)12-8-4-6-11-7-5-8;7-5-1-3-12(4-2-5)6-8-10-11-9-6/h4-7,12,18H,8-11H2,1-3H3,(H,19,24);1-8,14H;9H,4-8H2,1-3H3,(H,13,14,15,16);8,11H,4-7H2,1-3H3,(H,12,13);5H,1-4,7H2,(H,8,9,10,11). The lowest BCUT2D eigenvalue weighted by Crippen LogP contribution is -2.48. The van der Waals surface area contributed by atoms with E-state index in [0.717, 1.165) is 124 Å². The number of H-pyrrole nitrogens is 2. The van der Waals surface area contributed by atoms with Crippen molar-refractivity contribution in [3.05, 3.63) is 72.8 Å². The van der Waals surface area contributed by atoms with Gasteiger partial charge in [0.05, 0.1) is 11.0 Å². The van der Waals surface area contributed by atoms with Crippen LogP contribution in [-0.2, 0) is 19.0 Å². The van der Waals surface area contributed by atoms with Crippen molar-refractivity contribution in [2.24, 2.45) is 11.7 Å². The molecule has 4 fully saturated rings. The lowest BCUT2D eigenvalue weighted by atomic mass is 9.94. The zero-order valence-corrected chi connectivity index (χ0v) is 52.8. The highest BCUT2D eigenvalue weighted by Gasteiger charge is 2.29. The highest BCUT2D eigenvalue weighted by molar-refractivity contribution is 5.91. The van der Waals surface area contributed by atoms with Crippen LogP contribution in [0.2, 0.25) is 0 Å². The van der Waals surface area contributed by atoms with Crippen molar-refractivity contribution in [3.63, 3.8) is 0 Å². The summed E-state index contributed by atoms with van der Waals surface area (Å²) in [7, 11) is 0. The number of nitrogens with one attached hydrogen (secondary N) is 7. The van der Waals surface area contributed by atoms with E-state index in [9.17, 15) is 14.4 Å². The van der Waals surface area contributed by atoms with Crippen LogP contribution in [0.4, 0.5) is 21.5 Å². The van der Waals surface area contributed by atoms with Crippen LogP contribution in [0.25, 0.3) is 33.1 Å². The van der Waals surface area contributed by atoms with Gasteiger partial charge >= 0.3 is 18.2 Å². The van der Waals surface area contributed by atoms with Crippen LogP contribution in [0.5, 0.6) is 0 Å². The summed E-state index contributed by atoms with van der Waals surface area (Å²) >= 11 is 0. The number of piperidine rings is 4. The minimum absolute atomic E-state index is 0.0369. The summed E-state index contributed by atoms with van der Waals surface area (Å²) in [5, 5.41) is 78.0. The van der Waals surface area contributed by atoms with Crippen LogP contribution in [0.1, 0.15) is 120 Å². The molecule has 90 heavy (non-hydrogen) atoms. The number of fused-ring (bicyclic) bond motifs is 3. The van der Waals surface area contributed by atoms with Crippen molar-refractivity contribution in [2.75, 3.05) is 62.2 Å². The van der Waals surface area contributed by atoms with E-state index in [4.69, 9.17) is 30.8 Å². The molecule has 9 N–H and O–H groups in total. The van der Waals surface area contributed by atoms with Crippen molar-refractivity contribution in [1.82, 2.24) is 107 Å². The molecular formula is C58H86N26O6. The highest BCUT2D eigenvalue weighted by atomic mass is 16.6. The first-order chi connectivity index (χ1) is 42.9. The molecule has 4 aliphatic heterocycles. The third kappa shape index (κ3) is 20.4. The number of nitrogens with two attached hydrogens (primary N) is 1. The predicted octanol–water partition coefficient (Wildman–Crippen LogP) is 5.25. The number of alkyl carbamates (subject to hydrolysis) is 2. The van der Waals surface area contributed by atoms with Gasteiger partial charge in [-0.25, -0.2) is 9.59 Å². The van der Waals surface area contributed by atoms with E-state index in [1.54, 1.807) is 4.68 Å². The van der Waals surface area contributed by atoms with Gasteiger partial charge < -0.3 is 50.6 Å². The molecule has 0 radical (unpaired) electrons. The maximum Gasteiger partial charge on any atom is 0.407 e. The predicted molar refractivity (Wildman–Crippen MR) is 337 cm³/mol. The van der Waals surface area contributed by atoms with E-state index < -0.39 is 16.8 Å². The number of hydrogen-bond donors (Lipinski definition) is 8. The number of likely N-dealkylation sites (tertiary alicyclic amines) is 1. The summed E-state index contributed by atoms with van der Waals surface area (Å²) in [6.07, 6.45) is 7.22. The number of ether oxygens (including phenoxy) is 3. The summed E-state index contributed by atoms with van der Waals surface area (Å²) in [4.78, 5) is 42.4. The summed E-state index contributed by atoms with van der Waals surface area (Å²) in [6, 6.07) is 23.2. The smallest absolute Gasteiger partial charge is 0.407 e. The van der Waals surface area contributed by atoms with E-state index in [2.05, 4.69) is 97.8 Å². The maximum absolute atomic E-state index is 11.9. The number of aromatic nitrogens is 17. The number of tetrazole rings is 2. The van der Waals surface area contributed by atoms with Crippen LogP contribution in [0.15, 0.2) is 72.8 Å². The maximum atomic E-state index is 11.9. The van der Waals surface area contributed by atoms with Gasteiger partial charge in [-0.05, 0) is 180 Å². The van der Waals surface area contributed by atoms with Crippen molar-refractivity contribution in [1.29, 1.82) is 10.8 Å². The molecule has 3 aromatic carbocycles. The number of aromatic amines is 2. The fourth-order valence-electron chi connectivity index (χ4n) is 10.0. The van der Waals surface area contributed by atoms with E-state index in [1.165, 1.54) is 9.48 Å². The molecule has 9 heterocycles. The van der Waals surface area contributed by atoms with Gasteiger partial charge in [0.15, 0.2) is 0 Å². The third-order valence-electron chi connectivity index (χ3n) is 14.4. The minimum Gasteiger partial charge on any atom is -0.460 e. The summed E-state index contributed by atoms with van der Waals surface area (Å²) < 4.78 is 18.8. The first-order valence-corrected chi connectivity index (χ1v) is 30.4. The summed E-state index contributed by atoms with van der Waals surface area (Å²) in [5.41, 5.74) is 9.00. The minimum atomic E-state index is -0.499. The second-order valence-electron chi connectivity index (χ2n) is 25.2. The zero-order valence-electron chi connectivity index (χ0n) is 52.8. The molecule has 0 spiro atoms. The number of rotatable bonds is 6. The first kappa shape index (κ1) is 66.6. The largest absolute Gasteiger partial charge is 0.460 e. The average molecular weight is 1240 g/mol. The molecule has 2 amide bonds. The fraction of sp³-hybridized carbons (Fsp3) is 0.569. The fourth-order valence-corrected chi connectivity index (χ4v) is 10.0. The molecule has 0 bridgehead atoms. The Bertz CT molecular complexity index is 3500. The van der Waals surface area contributed by atoms with Gasteiger partial charge in [-0.2, -0.15) is 19.8 Å². The number of esters is 1. The van der Waals surface area contributed by atoms with Gasteiger partial charge in [-0.15, -0.1) is 35.4 Å². The van der Waals surface area contributed by atoms with Crippen LogP contribution >= 0.6 is 0 Å². The molecule has 0 atom stereocenters. The number of amides is 2. The molecule has 4 saturated heterocycles. The Kier molecular flexibility index (Phi) is 22.7. The lowest BCUT2D eigenvalue weighted by Gasteiger charge is -2.33. The van der Waals surface area contributed by atoms with Crippen molar-refractivity contribution < 1.29 is 28.6 Å². The highest BCUT2D eigenvalue weighted by Crippen LogP contribution is 2.25. The van der Waals surface area contributed by atoms with Gasteiger partial charge in [0, 0.05) is 63.8 Å². The molecule has 5 aromatic heterocycles. The number of carbonyl (C=O) groups is 3. The van der Waals surface area contributed by atoms with Crippen LogP contribution in [-0.4, -0.2) is 208 Å². The molecule has 0 aliphatic carbocycles. The van der Waals surface area contributed by atoms with Crippen LogP contribution < -0.4 is 31.5 Å². The zero-order chi connectivity index (χ0) is 64.4. The Morgan fingerprint density at radius 1 is 0.544 bits per heavy atom. The molecule has 32 nitrogen and oxygen atoms in total. The Morgan fingerprint density at radius 3 is 1.41 bits per heavy atom. The van der Waals surface area contributed by atoms with Gasteiger partial charge in [-0.3, -0.25) is 15.6 Å². The second kappa shape index (κ2) is 30.7. The molecule has 0 unspecified atom stereocenters. The molecule has 32 heteroatoms. The Labute approximate surface area is 521 Å². The van der Waals surface area contributed by atoms with Crippen molar-refractivity contribution in [2.45, 2.75) is 155 Å². The van der Waals surface area contributed by atoms with Crippen LogP contribution in [0, 0.1) is 16.7 Å². The molecule has 12 rings (SSSR count). The molecule has 4 aliphatic rings.